The van der Waals surface area contributed by atoms with Gasteiger partial charge in [0.2, 0.25) is 0 Å². The van der Waals surface area contributed by atoms with Crippen molar-refractivity contribution in [3.05, 3.63) is 11.6 Å². The average molecular weight is 256 g/mol. The molecule has 0 N–H and O–H groups in total. The van der Waals surface area contributed by atoms with E-state index in [0.29, 0.717) is 12.0 Å². The van der Waals surface area contributed by atoms with Crippen LogP contribution in [0.4, 0.5) is 0 Å². The van der Waals surface area contributed by atoms with Crippen LogP contribution in [0.3, 0.4) is 0 Å². The lowest BCUT2D eigenvalue weighted by Crippen LogP contribution is -2.38. The fourth-order valence-electron chi connectivity index (χ4n) is 2.11. The molecule has 0 amide bonds. The summed E-state index contributed by atoms with van der Waals surface area (Å²) in [6.07, 6.45) is 2.16. The highest BCUT2D eigenvalue weighted by Crippen LogP contribution is 2.43. The molecule has 1 saturated carbocycles. The molecule has 0 aliphatic heterocycles. The molecule has 0 spiro atoms. The van der Waals surface area contributed by atoms with Crippen molar-refractivity contribution in [2.24, 2.45) is 5.41 Å². The van der Waals surface area contributed by atoms with Crippen LogP contribution in [0, 0.1) is 5.41 Å². The lowest BCUT2D eigenvalue weighted by molar-refractivity contribution is -0.168. The van der Waals surface area contributed by atoms with E-state index in [-0.39, 0.29) is 12.8 Å². The number of ether oxygens (including phenoxy) is 3. The Balaban J connectivity index is 2.98. The minimum absolute atomic E-state index is 0.126. The van der Waals surface area contributed by atoms with E-state index in [1.165, 1.54) is 27.4 Å². The van der Waals surface area contributed by atoms with Gasteiger partial charge >= 0.3 is 17.9 Å². The molecule has 0 aromatic heterocycles. The van der Waals surface area contributed by atoms with Crippen LogP contribution < -0.4 is 0 Å². The largest absolute Gasteiger partial charge is 0.468 e. The van der Waals surface area contributed by atoms with Crippen LogP contribution in [0.15, 0.2) is 11.6 Å². The van der Waals surface area contributed by atoms with E-state index in [9.17, 15) is 14.4 Å². The molecule has 1 aliphatic carbocycles. The minimum atomic E-state index is -1.33. The maximum Gasteiger partial charge on any atom is 0.330 e. The van der Waals surface area contributed by atoms with Crippen LogP contribution in [0.5, 0.6) is 0 Å². The lowest BCUT2D eigenvalue weighted by Gasteiger charge is -2.21. The summed E-state index contributed by atoms with van der Waals surface area (Å²) < 4.78 is 13.8. The highest BCUT2D eigenvalue weighted by molar-refractivity contribution is 6.01. The molecule has 0 aromatic rings. The Hall–Kier alpha value is -1.85. The van der Waals surface area contributed by atoms with Crippen LogP contribution in [-0.4, -0.2) is 39.2 Å². The second kappa shape index (κ2) is 5.66. The lowest BCUT2D eigenvalue weighted by atomic mass is 9.86. The van der Waals surface area contributed by atoms with Gasteiger partial charge in [0.15, 0.2) is 5.41 Å². The smallest absolute Gasteiger partial charge is 0.330 e. The highest BCUT2D eigenvalue weighted by Gasteiger charge is 2.52. The van der Waals surface area contributed by atoms with Gasteiger partial charge in [0.25, 0.3) is 0 Å². The zero-order valence-electron chi connectivity index (χ0n) is 10.6. The van der Waals surface area contributed by atoms with Crippen LogP contribution in [0.1, 0.15) is 19.3 Å². The molecule has 1 rings (SSSR count). The molecule has 0 bridgehead atoms. The van der Waals surface area contributed by atoms with Gasteiger partial charge in [0.05, 0.1) is 21.3 Å². The van der Waals surface area contributed by atoms with Gasteiger partial charge in [0, 0.05) is 6.08 Å². The second-order valence-corrected chi connectivity index (χ2v) is 4.07. The highest BCUT2D eigenvalue weighted by atomic mass is 16.5. The van der Waals surface area contributed by atoms with Gasteiger partial charge in [-0.2, -0.15) is 0 Å². The van der Waals surface area contributed by atoms with E-state index >= 15 is 0 Å². The zero-order valence-corrected chi connectivity index (χ0v) is 10.6. The van der Waals surface area contributed by atoms with E-state index in [0.717, 1.165) is 0 Å². The SMILES string of the molecule is COC(=O)/C=C1/CCC(C(=O)OC)(C(=O)OC)C1. The average Bonchev–Trinajstić information content (AvgIpc) is 2.81. The number of carbonyl (C=O) groups excluding carboxylic acids is 3. The molecule has 100 valence electrons. The first-order chi connectivity index (χ1) is 8.50. The Morgan fingerprint density at radius 1 is 1.06 bits per heavy atom. The van der Waals surface area contributed by atoms with Crippen molar-refractivity contribution in [3.8, 4) is 0 Å². The standard InChI is InChI=1S/C12H16O6/c1-16-9(13)6-8-4-5-12(7-8,10(14)17-2)11(15)18-3/h6H,4-5,7H2,1-3H3/b8-6-. The van der Waals surface area contributed by atoms with E-state index in [2.05, 4.69) is 14.2 Å². The van der Waals surface area contributed by atoms with Crippen molar-refractivity contribution < 1.29 is 28.6 Å². The molecule has 0 radical (unpaired) electrons. The van der Waals surface area contributed by atoms with Crippen LogP contribution in [0.25, 0.3) is 0 Å². The van der Waals surface area contributed by atoms with Crippen LogP contribution in [0.2, 0.25) is 0 Å². The summed E-state index contributed by atoms with van der Waals surface area (Å²) in [5.41, 5.74) is -0.652. The van der Waals surface area contributed by atoms with Crippen molar-refractivity contribution in [2.75, 3.05) is 21.3 Å². The van der Waals surface area contributed by atoms with Gasteiger partial charge < -0.3 is 14.2 Å². The van der Waals surface area contributed by atoms with Gasteiger partial charge in [-0.1, -0.05) is 5.57 Å². The summed E-state index contributed by atoms with van der Waals surface area (Å²) in [5.74, 6) is -1.78. The van der Waals surface area contributed by atoms with Crippen molar-refractivity contribution in [1.82, 2.24) is 0 Å². The summed E-state index contributed by atoms with van der Waals surface area (Å²) in [7, 11) is 3.70. The molecular weight excluding hydrogens is 240 g/mol. The van der Waals surface area contributed by atoms with E-state index in [1.54, 1.807) is 0 Å². The summed E-state index contributed by atoms with van der Waals surface area (Å²) in [6, 6.07) is 0. The third kappa shape index (κ3) is 2.52. The normalized spacial score (nSPS) is 19.4. The number of rotatable bonds is 3. The van der Waals surface area contributed by atoms with E-state index < -0.39 is 23.3 Å². The van der Waals surface area contributed by atoms with Gasteiger partial charge in [-0.25, -0.2) is 4.79 Å². The number of carbonyl (C=O) groups is 3. The Morgan fingerprint density at radius 2 is 1.61 bits per heavy atom. The first-order valence-corrected chi connectivity index (χ1v) is 5.44. The van der Waals surface area contributed by atoms with Crippen molar-refractivity contribution in [1.29, 1.82) is 0 Å². The van der Waals surface area contributed by atoms with Crippen LogP contribution >= 0.6 is 0 Å². The summed E-state index contributed by atoms with van der Waals surface area (Å²) in [6.45, 7) is 0. The molecule has 0 atom stereocenters. The zero-order chi connectivity index (χ0) is 13.8. The maximum atomic E-state index is 11.8. The third-order valence-corrected chi connectivity index (χ3v) is 3.08. The molecule has 0 saturated heterocycles. The number of esters is 3. The van der Waals surface area contributed by atoms with E-state index in [1.807, 2.05) is 0 Å². The number of methoxy groups -OCH3 is 3. The Kier molecular flexibility index (Phi) is 4.47. The number of hydrogen-bond acceptors (Lipinski definition) is 6. The Morgan fingerprint density at radius 3 is 2.06 bits per heavy atom. The van der Waals surface area contributed by atoms with Gasteiger partial charge in [-0.15, -0.1) is 0 Å². The fraction of sp³-hybridized carbons (Fsp3) is 0.583. The molecule has 0 unspecified atom stereocenters. The summed E-state index contributed by atoms with van der Waals surface area (Å²) in [5, 5.41) is 0. The predicted molar refractivity (Wildman–Crippen MR) is 60.4 cm³/mol. The monoisotopic (exact) mass is 256 g/mol. The summed E-state index contributed by atoms with van der Waals surface area (Å²) >= 11 is 0. The second-order valence-electron chi connectivity index (χ2n) is 4.07. The molecule has 6 heteroatoms. The maximum absolute atomic E-state index is 11.8. The molecule has 6 nitrogen and oxygen atoms in total. The van der Waals surface area contributed by atoms with Crippen molar-refractivity contribution in [2.45, 2.75) is 19.3 Å². The molecule has 1 aliphatic rings. The molecule has 0 heterocycles. The first-order valence-electron chi connectivity index (χ1n) is 5.44. The molecule has 1 fully saturated rings. The number of allylic oxidation sites excluding steroid dienone is 1. The minimum Gasteiger partial charge on any atom is -0.468 e. The quantitative estimate of drug-likeness (QED) is 0.318. The molecular formula is C12H16O6. The predicted octanol–water partition coefficient (Wildman–Crippen LogP) is 0.602. The van der Waals surface area contributed by atoms with Gasteiger partial charge in [-0.05, 0) is 19.3 Å². The van der Waals surface area contributed by atoms with Crippen molar-refractivity contribution in [3.63, 3.8) is 0 Å². The summed E-state index contributed by atoms with van der Waals surface area (Å²) in [4.78, 5) is 34.7. The number of hydrogen-bond donors (Lipinski definition) is 0. The fourth-order valence-corrected chi connectivity index (χ4v) is 2.11. The van der Waals surface area contributed by atoms with Crippen molar-refractivity contribution >= 4 is 17.9 Å². The van der Waals surface area contributed by atoms with Gasteiger partial charge in [-0.3, -0.25) is 9.59 Å². The third-order valence-electron chi connectivity index (χ3n) is 3.08. The molecule has 18 heavy (non-hydrogen) atoms. The Labute approximate surface area is 105 Å². The van der Waals surface area contributed by atoms with Gasteiger partial charge in [0.1, 0.15) is 0 Å². The topological polar surface area (TPSA) is 78.9 Å². The van der Waals surface area contributed by atoms with Crippen LogP contribution in [-0.2, 0) is 28.6 Å². The first kappa shape index (κ1) is 14.2. The molecule has 0 aromatic carbocycles. The van der Waals surface area contributed by atoms with E-state index in [4.69, 9.17) is 0 Å². The Bertz CT molecular complexity index is 379.